The van der Waals surface area contributed by atoms with E-state index in [1.807, 2.05) is 0 Å². The van der Waals surface area contributed by atoms with Crippen molar-refractivity contribution in [3.8, 4) is 0 Å². The highest BCUT2D eigenvalue weighted by atomic mass is 16.6. The van der Waals surface area contributed by atoms with Crippen molar-refractivity contribution in [2.75, 3.05) is 0 Å². The van der Waals surface area contributed by atoms with E-state index in [2.05, 4.69) is 0 Å². The second-order valence-corrected chi connectivity index (χ2v) is 7.97. The Bertz CT molecular complexity index is 729. The van der Waals surface area contributed by atoms with Crippen molar-refractivity contribution in [3.05, 3.63) is 48.6 Å². The van der Waals surface area contributed by atoms with Crippen LogP contribution in [0.15, 0.2) is 48.6 Å². The number of ether oxygens (including phenoxy) is 2. The molecule has 2 saturated heterocycles. The normalized spacial score (nSPS) is 34.2. The minimum atomic E-state index is -1.43. The smallest absolute Gasteiger partial charge is 0.178 e. The molecule has 3 atom stereocenters. The molecule has 27 heavy (non-hydrogen) atoms. The summed E-state index contributed by atoms with van der Waals surface area (Å²) in [5.41, 5.74) is -1.31. The molecule has 2 N–H and O–H groups in total. The van der Waals surface area contributed by atoms with Crippen LogP contribution in [0.1, 0.15) is 38.5 Å². The highest BCUT2D eigenvalue weighted by molar-refractivity contribution is 6.01. The van der Waals surface area contributed by atoms with E-state index >= 15 is 0 Å². The quantitative estimate of drug-likeness (QED) is 0.780. The van der Waals surface area contributed by atoms with E-state index in [0.29, 0.717) is 19.3 Å². The van der Waals surface area contributed by atoms with Gasteiger partial charge in [0.1, 0.15) is 11.2 Å². The molecule has 6 heteroatoms. The molecule has 2 heterocycles. The number of carbonyl (C=O) groups excluding carboxylic acids is 2. The molecule has 0 radical (unpaired) electrons. The molecule has 0 amide bonds. The third-order valence-corrected chi connectivity index (χ3v) is 5.74. The Morgan fingerprint density at radius 2 is 1.56 bits per heavy atom. The SMILES string of the molecule is O=C1C=CC2(C=C1)CCC(CC(O)CC1(O)CCC3(C=CC(=O)C=C3)O1)O2. The van der Waals surface area contributed by atoms with E-state index in [-0.39, 0.29) is 24.1 Å². The summed E-state index contributed by atoms with van der Waals surface area (Å²) >= 11 is 0. The highest BCUT2D eigenvalue weighted by Gasteiger charge is 2.48. The Balaban J connectivity index is 1.32. The van der Waals surface area contributed by atoms with E-state index in [0.717, 1.165) is 12.8 Å². The van der Waals surface area contributed by atoms with Gasteiger partial charge < -0.3 is 19.7 Å². The maximum absolute atomic E-state index is 11.3. The maximum Gasteiger partial charge on any atom is 0.178 e. The zero-order chi connectivity index (χ0) is 19.1. The number of allylic oxidation sites excluding steroid dienone is 4. The van der Waals surface area contributed by atoms with Gasteiger partial charge in [-0.2, -0.15) is 0 Å². The van der Waals surface area contributed by atoms with Crippen LogP contribution in [0.5, 0.6) is 0 Å². The molecule has 0 saturated carbocycles. The number of aliphatic hydroxyl groups excluding tert-OH is 1. The predicted octanol–water partition coefficient (Wildman–Crippen LogP) is 1.67. The third-order valence-electron chi connectivity index (χ3n) is 5.74. The lowest BCUT2D eigenvalue weighted by atomic mass is 9.93. The van der Waals surface area contributed by atoms with Gasteiger partial charge in [-0.3, -0.25) is 9.59 Å². The van der Waals surface area contributed by atoms with Crippen LogP contribution < -0.4 is 0 Å². The molecule has 0 aromatic rings. The van der Waals surface area contributed by atoms with Gasteiger partial charge >= 0.3 is 0 Å². The first-order valence-electron chi connectivity index (χ1n) is 9.43. The average Bonchev–Trinajstić information content (AvgIpc) is 3.15. The zero-order valence-corrected chi connectivity index (χ0v) is 15.0. The van der Waals surface area contributed by atoms with Gasteiger partial charge in [0.05, 0.1) is 12.2 Å². The van der Waals surface area contributed by atoms with Crippen LogP contribution in [-0.4, -0.2) is 51.0 Å². The molecule has 0 aromatic heterocycles. The Morgan fingerprint density at radius 3 is 2.19 bits per heavy atom. The average molecular weight is 372 g/mol. The third kappa shape index (κ3) is 3.89. The van der Waals surface area contributed by atoms with Crippen LogP contribution >= 0.6 is 0 Å². The van der Waals surface area contributed by atoms with Crippen LogP contribution in [0.3, 0.4) is 0 Å². The van der Waals surface area contributed by atoms with Crippen molar-refractivity contribution in [2.45, 2.75) is 67.7 Å². The molecular weight excluding hydrogens is 348 g/mol. The predicted molar refractivity (Wildman–Crippen MR) is 96.7 cm³/mol. The van der Waals surface area contributed by atoms with Crippen molar-refractivity contribution in [1.82, 2.24) is 0 Å². The van der Waals surface area contributed by atoms with E-state index in [1.165, 1.54) is 24.3 Å². The summed E-state index contributed by atoms with van der Waals surface area (Å²) in [6.45, 7) is 0. The Labute approximate surface area is 157 Å². The van der Waals surface area contributed by atoms with Crippen LogP contribution in [0, 0.1) is 0 Å². The standard InChI is InChI=1S/C21H24O6/c22-15-1-6-19(7-2-15)10-5-18(26-19)13-17(24)14-21(25)12-11-20(27-21)8-3-16(23)4-9-20/h1-4,6-9,17-18,24-25H,5,10-14H2. The van der Waals surface area contributed by atoms with Gasteiger partial charge in [-0.15, -0.1) is 0 Å². The second kappa shape index (κ2) is 6.63. The lowest BCUT2D eigenvalue weighted by Gasteiger charge is -2.31. The topological polar surface area (TPSA) is 93.1 Å². The van der Waals surface area contributed by atoms with Crippen molar-refractivity contribution in [2.24, 2.45) is 0 Å². The number of carbonyl (C=O) groups is 2. The molecule has 4 aliphatic rings. The van der Waals surface area contributed by atoms with Crippen molar-refractivity contribution >= 4 is 11.6 Å². The number of ketones is 2. The van der Waals surface area contributed by atoms with Gasteiger partial charge in [0.2, 0.25) is 0 Å². The molecule has 2 fully saturated rings. The summed E-state index contributed by atoms with van der Waals surface area (Å²) in [5.74, 6) is -1.57. The summed E-state index contributed by atoms with van der Waals surface area (Å²) in [5, 5.41) is 21.2. The molecule has 4 rings (SSSR count). The van der Waals surface area contributed by atoms with Crippen molar-refractivity contribution in [1.29, 1.82) is 0 Å². The minimum absolute atomic E-state index is 0.0465. The van der Waals surface area contributed by atoms with E-state index in [4.69, 9.17) is 9.47 Å². The molecule has 2 spiro atoms. The van der Waals surface area contributed by atoms with Gasteiger partial charge in [-0.05, 0) is 74.3 Å². The molecule has 2 aliphatic heterocycles. The summed E-state index contributed by atoms with van der Waals surface area (Å²) in [6.07, 6.45) is 14.9. The van der Waals surface area contributed by atoms with Crippen LogP contribution in [0.4, 0.5) is 0 Å². The molecule has 3 unspecified atom stereocenters. The molecule has 144 valence electrons. The molecule has 0 aromatic carbocycles. The zero-order valence-electron chi connectivity index (χ0n) is 15.0. The fourth-order valence-corrected chi connectivity index (χ4v) is 4.32. The van der Waals surface area contributed by atoms with Gasteiger partial charge in [-0.25, -0.2) is 0 Å². The fourth-order valence-electron chi connectivity index (χ4n) is 4.32. The highest BCUT2D eigenvalue weighted by Crippen LogP contribution is 2.43. The van der Waals surface area contributed by atoms with Gasteiger partial charge in [0, 0.05) is 12.8 Å². The Morgan fingerprint density at radius 1 is 0.963 bits per heavy atom. The summed E-state index contributed by atoms with van der Waals surface area (Å²) in [4.78, 5) is 22.6. The van der Waals surface area contributed by atoms with E-state index < -0.39 is 23.1 Å². The maximum atomic E-state index is 11.3. The van der Waals surface area contributed by atoms with Crippen molar-refractivity contribution in [3.63, 3.8) is 0 Å². The fraction of sp³-hybridized carbons (Fsp3) is 0.524. The van der Waals surface area contributed by atoms with E-state index in [1.54, 1.807) is 24.3 Å². The molecule has 0 bridgehead atoms. The number of hydrogen-bond acceptors (Lipinski definition) is 6. The first-order chi connectivity index (χ1) is 12.8. The number of aliphatic hydroxyl groups is 2. The summed E-state index contributed by atoms with van der Waals surface area (Å²) in [7, 11) is 0. The largest absolute Gasteiger partial charge is 0.393 e. The van der Waals surface area contributed by atoms with Crippen LogP contribution in [0.2, 0.25) is 0 Å². The lowest BCUT2D eigenvalue weighted by Crippen LogP contribution is -2.38. The first-order valence-corrected chi connectivity index (χ1v) is 9.43. The first kappa shape index (κ1) is 18.5. The molecular formula is C21H24O6. The summed E-state index contributed by atoms with van der Waals surface area (Å²) in [6, 6.07) is 0. The van der Waals surface area contributed by atoms with Crippen molar-refractivity contribution < 1.29 is 29.3 Å². The second-order valence-electron chi connectivity index (χ2n) is 7.97. The number of rotatable bonds is 4. The van der Waals surface area contributed by atoms with Crippen LogP contribution in [-0.2, 0) is 19.1 Å². The van der Waals surface area contributed by atoms with Gasteiger partial charge in [0.25, 0.3) is 0 Å². The monoisotopic (exact) mass is 372 g/mol. The lowest BCUT2D eigenvalue weighted by molar-refractivity contribution is -0.217. The van der Waals surface area contributed by atoms with Gasteiger partial charge in [0.15, 0.2) is 17.4 Å². The Hall–Kier alpha value is -1.86. The molecule has 6 nitrogen and oxygen atoms in total. The van der Waals surface area contributed by atoms with Crippen LogP contribution in [0.25, 0.3) is 0 Å². The molecule has 2 aliphatic carbocycles. The van der Waals surface area contributed by atoms with E-state index in [9.17, 15) is 19.8 Å². The Kier molecular flexibility index (Phi) is 4.55. The summed E-state index contributed by atoms with van der Waals surface area (Å²) < 4.78 is 11.9. The van der Waals surface area contributed by atoms with Gasteiger partial charge in [-0.1, -0.05) is 0 Å². The number of hydrogen-bond donors (Lipinski definition) is 2. The minimum Gasteiger partial charge on any atom is -0.393 e.